The van der Waals surface area contributed by atoms with Gasteiger partial charge in [-0.05, 0) is 24.5 Å². The topological polar surface area (TPSA) is 67.2 Å². The normalized spacial score (nSPS) is 12.8. The molecule has 6 heteroatoms. The fourth-order valence-electron chi connectivity index (χ4n) is 2.16. The van der Waals surface area contributed by atoms with E-state index in [1.807, 2.05) is 13.8 Å². The molecular weight excluding hydrogens is 261 g/mol. The number of aliphatic carboxylic acids is 1. The van der Waals surface area contributed by atoms with E-state index in [0.717, 1.165) is 0 Å². The Kier molecular flexibility index (Phi) is 3.92. The van der Waals surface area contributed by atoms with Crippen molar-refractivity contribution in [3.63, 3.8) is 0 Å². The average Bonchev–Trinajstić information content (AvgIpc) is 2.67. The van der Waals surface area contributed by atoms with E-state index in [1.165, 1.54) is 6.07 Å². The molecule has 5 nitrogen and oxygen atoms in total. The molecule has 20 heavy (non-hydrogen) atoms. The smallest absolute Gasteiger partial charge is 0.326 e. The molecule has 0 aliphatic heterocycles. The number of carbonyl (C=O) groups is 1. The van der Waals surface area contributed by atoms with Crippen LogP contribution in [-0.4, -0.2) is 26.7 Å². The van der Waals surface area contributed by atoms with E-state index in [0.29, 0.717) is 17.9 Å². The summed E-state index contributed by atoms with van der Waals surface area (Å²) >= 11 is 0. The number of benzene rings is 1. The van der Waals surface area contributed by atoms with Gasteiger partial charge < -0.3 is 15.0 Å². The van der Waals surface area contributed by atoms with E-state index in [9.17, 15) is 14.3 Å². The maximum atomic E-state index is 13.7. The highest BCUT2D eigenvalue weighted by molar-refractivity contribution is 5.81. The maximum Gasteiger partial charge on any atom is 0.326 e. The van der Waals surface area contributed by atoms with Crippen LogP contribution in [0.1, 0.15) is 20.3 Å². The molecule has 2 rings (SSSR count). The minimum absolute atomic E-state index is 0.232. The van der Waals surface area contributed by atoms with Gasteiger partial charge in [-0.1, -0.05) is 19.9 Å². The summed E-state index contributed by atoms with van der Waals surface area (Å²) in [4.78, 5) is 15.4. The molecule has 1 atom stereocenters. The van der Waals surface area contributed by atoms with Gasteiger partial charge in [0.15, 0.2) is 5.82 Å². The number of carboxylic acid groups (broad SMARTS) is 1. The predicted octanol–water partition coefficient (Wildman–Crippen LogP) is 2.62. The van der Waals surface area contributed by atoms with E-state index < -0.39 is 17.8 Å². The summed E-state index contributed by atoms with van der Waals surface area (Å²) in [6.07, 6.45) is 0.473. The highest BCUT2D eigenvalue weighted by atomic mass is 19.1. The van der Waals surface area contributed by atoms with Gasteiger partial charge in [-0.25, -0.2) is 14.2 Å². The highest BCUT2D eigenvalue weighted by Crippen LogP contribution is 2.22. The van der Waals surface area contributed by atoms with Gasteiger partial charge in [-0.3, -0.25) is 0 Å². The van der Waals surface area contributed by atoms with E-state index in [4.69, 9.17) is 0 Å². The molecule has 0 aliphatic carbocycles. The second kappa shape index (κ2) is 5.48. The zero-order valence-electron chi connectivity index (χ0n) is 11.7. The third kappa shape index (κ3) is 2.74. The average molecular weight is 279 g/mol. The van der Waals surface area contributed by atoms with Crippen LogP contribution in [0.3, 0.4) is 0 Å². The molecule has 1 aromatic heterocycles. The quantitative estimate of drug-likeness (QED) is 0.883. The summed E-state index contributed by atoms with van der Waals surface area (Å²) in [7, 11) is 1.73. The molecule has 0 spiro atoms. The largest absolute Gasteiger partial charge is 0.480 e. The van der Waals surface area contributed by atoms with E-state index >= 15 is 0 Å². The number of imidazole rings is 1. The lowest BCUT2D eigenvalue weighted by Gasteiger charge is -2.16. The second-order valence-corrected chi connectivity index (χ2v) is 5.27. The van der Waals surface area contributed by atoms with Gasteiger partial charge in [-0.15, -0.1) is 0 Å². The van der Waals surface area contributed by atoms with Crippen molar-refractivity contribution >= 4 is 23.0 Å². The molecule has 0 bridgehead atoms. The molecular formula is C14H18FN3O2. The number of rotatable bonds is 5. The monoisotopic (exact) mass is 279 g/mol. The Morgan fingerprint density at radius 1 is 1.50 bits per heavy atom. The number of anilines is 1. The number of fused-ring (bicyclic) bond motifs is 1. The third-order valence-electron chi connectivity index (χ3n) is 3.17. The highest BCUT2D eigenvalue weighted by Gasteiger charge is 2.21. The molecule has 1 heterocycles. The predicted molar refractivity (Wildman–Crippen MR) is 75.2 cm³/mol. The molecule has 0 saturated carbocycles. The SMILES string of the molecule is CC(C)C[C@H](Nc1nc2c(F)cccc2n1C)C(=O)O. The standard InChI is InChI=1S/C14H18FN3O2/c1-8(2)7-10(13(19)20)16-14-17-12-9(15)5-4-6-11(12)18(14)3/h4-6,8,10H,7H2,1-3H3,(H,16,17)(H,19,20)/t10-/m0/s1. The number of aryl methyl sites for hydroxylation is 1. The van der Waals surface area contributed by atoms with Crippen LogP contribution in [-0.2, 0) is 11.8 Å². The summed E-state index contributed by atoms with van der Waals surface area (Å²) in [5.74, 6) is -0.763. The van der Waals surface area contributed by atoms with Crippen LogP contribution >= 0.6 is 0 Å². The molecule has 2 N–H and O–H groups in total. The van der Waals surface area contributed by atoms with E-state index in [-0.39, 0.29) is 11.4 Å². The van der Waals surface area contributed by atoms with Crippen molar-refractivity contribution < 1.29 is 14.3 Å². The fourth-order valence-corrected chi connectivity index (χ4v) is 2.16. The summed E-state index contributed by atoms with van der Waals surface area (Å²) in [5.41, 5.74) is 0.868. The van der Waals surface area contributed by atoms with Crippen LogP contribution in [0, 0.1) is 11.7 Å². The number of aromatic nitrogens is 2. The Morgan fingerprint density at radius 3 is 2.75 bits per heavy atom. The number of para-hydroxylation sites is 1. The Morgan fingerprint density at radius 2 is 2.20 bits per heavy atom. The first-order valence-corrected chi connectivity index (χ1v) is 6.50. The Hall–Kier alpha value is -2.11. The zero-order chi connectivity index (χ0) is 14.9. The minimum atomic E-state index is -0.939. The van der Waals surface area contributed by atoms with Crippen molar-refractivity contribution in [1.29, 1.82) is 0 Å². The maximum absolute atomic E-state index is 13.7. The van der Waals surface area contributed by atoms with Crippen molar-refractivity contribution in [3.05, 3.63) is 24.0 Å². The van der Waals surface area contributed by atoms with Crippen molar-refractivity contribution in [1.82, 2.24) is 9.55 Å². The molecule has 0 unspecified atom stereocenters. The lowest BCUT2D eigenvalue weighted by Crippen LogP contribution is -2.31. The molecule has 0 radical (unpaired) electrons. The Bertz CT molecular complexity index is 637. The van der Waals surface area contributed by atoms with Crippen LogP contribution in [0.25, 0.3) is 11.0 Å². The summed E-state index contributed by atoms with van der Waals surface area (Å²) in [5, 5.41) is 12.1. The van der Waals surface area contributed by atoms with E-state index in [1.54, 1.807) is 23.7 Å². The third-order valence-corrected chi connectivity index (χ3v) is 3.17. The second-order valence-electron chi connectivity index (χ2n) is 5.27. The van der Waals surface area contributed by atoms with Crippen molar-refractivity contribution in [2.75, 3.05) is 5.32 Å². The van der Waals surface area contributed by atoms with Crippen LogP contribution in [0.5, 0.6) is 0 Å². The van der Waals surface area contributed by atoms with Crippen molar-refractivity contribution in [2.45, 2.75) is 26.3 Å². The van der Waals surface area contributed by atoms with Gasteiger partial charge in [0.05, 0.1) is 5.52 Å². The number of hydrogen-bond donors (Lipinski definition) is 2. The van der Waals surface area contributed by atoms with Gasteiger partial charge in [0.2, 0.25) is 5.95 Å². The molecule has 0 aliphatic rings. The molecule has 2 aromatic rings. The molecule has 0 fully saturated rings. The molecule has 0 amide bonds. The lowest BCUT2D eigenvalue weighted by molar-refractivity contribution is -0.138. The summed E-state index contributed by atoms with van der Waals surface area (Å²) in [6.45, 7) is 3.90. The fraction of sp³-hybridized carbons (Fsp3) is 0.429. The Balaban J connectivity index is 2.35. The molecule has 108 valence electrons. The van der Waals surface area contributed by atoms with Crippen LogP contribution < -0.4 is 5.32 Å². The Labute approximate surface area is 116 Å². The first-order chi connectivity index (χ1) is 9.40. The van der Waals surface area contributed by atoms with Crippen molar-refractivity contribution in [3.8, 4) is 0 Å². The van der Waals surface area contributed by atoms with Crippen LogP contribution in [0.15, 0.2) is 18.2 Å². The summed E-state index contributed by atoms with van der Waals surface area (Å²) < 4.78 is 15.3. The molecule has 1 aromatic carbocycles. The number of carboxylic acids is 1. The number of nitrogens with zero attached hydrogens (tertiary/aromatic N) is 2. The lowest BCUT2D eigenvalue weighted by atomic mass is 10.0. The number of nitrogens with one attached hydrogen (secondary N) is 1. The molecule has 0 saturated heterocycles. The number of halogens is 1. The van der Waals surface area contributed by atoms with Crippen LogP contribution in [0.4, 0.5) is 10.3 Å². The van der Waals surface area contributed by atoms with Crippen molar-refractivity contribution in [2.24, 2.45) is 13.0 Å². The van der Waals surface area contributed by atoms with Gasteiger partial charge in [0, 0.05) is 7.05 Å². The van der Waals surface area contributed by atoms with Crippen LogP contribution in [0.2, 0.25) is 0 Å². The number of hydrogen-bond acceptors (Lipinski definition) is 3. The van der Waals surface area contributed by atoms with E-state index in [2.05, 4.69) is 10.3 Å². The van der Waals surface area contributed by atoms with Gasteiger partial charge in [0.25, 0.3) is 0 Å². The summed E-state index contributed by atoms with van der Waals surface area (Å²) in [6, 6.07) is 3.94. The van der Waals surface area contributed by atoms with Gasteiger partial charge in [0.1, 0.15) is 11.6 Å². The first-order valence-electron chi connectivity index (χ1n) is 6.50. The first kappa shape index (κ1) is 14.3. The minimum Gasteiger partial charge on any atom is -0.480 e. The van der Waals surface area contributed by atoms with Gasteiger partial charge >= 0.3 is 5.97 Å². The van der Waals surface area contributed by atoms with Gasteiger partial charge in [-0.2, -0.15) is 0 Å². The zero-order valence-corrected chi connectivity index (χ0v) is 11.7.